The summed E-state index contributed by atoms with van der Waals surface area (Å²) < 4.78 is 5.82. The summed E-state index contributed by atoms with van der Waals surface area (Å²) in [6, 6.07) is 9.81. The van der Waals surface area contributed by atoms with Gasteiger partial charge in [0, 0.05) is 13.0 Å². The molecule has 2 heteroatoms. The van der Waals surface area contributed by atoms with E-state index in [0.29, 0.717) is 19.1 Å². The molecule has 1 fully saturated rings. The van der Waals surface area contributed by atoms with Crippen LogP contribution in [-0.4, -0.2) is 17.8 Å². The number of ether oxygens (including phenoxy) is 1. The zero-order chi connectivity index (χ0) is 11.9. The van der Waals surface area contributed by atoms with Crippen LogP contribution in [-0.2, 0) is 4.74 Å². The smallest absolute Gasteiger partial charge is 0.0812 e. The third-order valence-electron chi connectivity index (χ3n) is 3.48. The van der Waals surface area contributed by atoms with E-state index in [4.69, 9.17) is 4.74 Å². The standard InChI is InChI=1S/C15H22O2/c16-15(13-7-3-1-4-8-13)11-12-17-14-9-5-2-6-10-14/h1,3-4,7-8,14-16H,2,5-6,9-12H2. The fourth-order valence-electron chi connectivity index (χ4n) is 2.42. The van der Waals surface area contributed by atoms with Crippen LogP contribution < -0.4 is 0 Å². The number of rotatable bonds is 5. The minimum atomic E-state index is -0.389. The van der Waals surface area contributed by atoms with Gasteiger partial charge < -0.3 is 9.84 Å². The van der Waals surface area contributed by atoms with Gasteiger partial charge in [0.25, 0.3) is 0 Å². The lowest BCUT2D eigenvalue weighted by molar-refractivity contribution is 0.00900. The molecule has 1 N–H and O–H groups in total. The van der Waals surface area contributed by atoms with Crippen molar-refractivity contribution in [3.05, 3.63) is 35.9 Å². The summed E-state index contributed by atoms with van der Waals surface area (Å²) in [7, 11) is 0. The second kappa shape index (κ2) is 6.77. The van der Waals surface area contributed by atoms with Crippen LogP contribution in [0.25, 0.3) is 0 Å². The van der Waals surface area contributed by atoms with E-state index in [-0.39, 0.29) is 6.10 Å². The molecule has 1 aromatic carbocycles. The van der Waals surface area contributed by atoms with E-state index in [1.807, 2.05) is 30.3 Å². The molecule has 0 saturated heterocycles. The molecule has 0 spiro atoms. The zero-order valence-corrected chi connectivity index (χ0v) is 10.3. The van der Waals surface area contributed by atoms with Gasteiger partial charge in [-0.2, -0.15) is 0 Å². The maximum Gasteiger partial charge on any atom is 0.0812 e. The van der Waals surface area contributed by atoms with Crippen molar-refractivity contribution >= 4 is 0 Å². The molecule has 0 aliphatic heterocycles. The van der Waals surface area contributed by atoms with E-state index in [0.717, 1.165) is 5.56 Å². The van der Waals surface area contributed by atoms with E-state index in [1.165, 1.54) is 32.1 Å². The lowest BCUT2D eigenvalue weighted by Crippen LogP contribution is -2.18. The van der Waals surface area contributed by atoms with Crippen LogP contribution in [0, 0.1) is 0 Å². The molecular formula is C15H22O2. The van der Waals surface area contributed by atoms with Crippen molar-refractivity contribution in [2.24, 2.45) is 0 Å². The predicted octanol–water partition coefficient (Wildman–Crippen LogP) is 3.46. The second-order valence-electron chi connectivity index (χ2n) is 4.85. The molecule has 1 unspecified atom stereocenters. The fraction of sp³-hybridized carbons (Fsp3) is 0.600. The third-order valence-corrected chi connectivity index (χ3v) is 3.48. The van der Waals surface area contributed by atoms with Gasteiger partial charge in [0.1, 0.15) is 0 Å². The molecule has 1 aliphatic rings. The summed E-state index contributed by atoms with van der Waals surface area (Å²) in [6.45, 7) is 0.667. The topological polar surface area (TPSA) is 29.5 Å². The summed E-state index contributed by atoms with van der Waals surface area (Å²) >= 11 is 0. The van der Waals surface area contributed by atoms with Crippen molar-refractivity contribution in [3.63, 3.8) is 0 Å². The first kappa shape index (κ1) is 12.6. The summed E-state index contributed by atoms with van der Waals surface area (Å²) in [6.07, 6.45) is 7.08. The molecule has 0 aromatic heterocycles. The Labute approximate surface area is 104 Å². The first-order valence-electron chi connectivity index (χ1n) is 6.71. The van der Waals surface area contributed by atoms with Crippen molar-refractivity contribution in [2.45, 2.75) is 50.7 Å². The Bertz CT molecular complexity index is 304. The van der Waals surface area contributed by atoms with Gasteiger partial charge in [-0.25, -0.2) is 0 Å². The van der Waals surface area contributed by atoms with Crippen LogP contribution >= 0.6 is 0 Å². The molecule has 0 radical (unpaired) electrons. The van der Waals surface area contributed by atoms with E-state index in [1.54, 1.807) is 0 Å². The first-order valence-corrected chi connectivity index (χ1v) is 6.71. The average molecular weight is 234 g/mol. The molecule has 2 rings (SSSR count). The molecule has 0 bridgehead atoms. The highest BCUT2D eigenvalue weighted by atomic mass is 16.5. The molecule has 1 aromatic rings. The van der Waals surface area contributed by atoms with Crippen molar-refractivity contribution < 1.29 is 9.84 Å². The van der Waals surface area contributed by atoms with Crippen LogP contribution in [0.1, 0.15) is 50.2 Å². The van der Waals surface area contributed by atoms with Gasteiger partial charge in [0.2, 0.25) is 0 Å². The van der Waals surface area contributed by atoms with Gasteiger partial charge in [0.05, 0.1) is 12.2 Å². The number of hydrogen-bond donors (Lipinski definition) is 1. The summed E-state index contributed by atoms with van der Waals surface area (Å²) in [5.74, 6) is 0. The zero-order valence-electron chi connectivity index (χ0n) is 10.3. The summed E-state index contributed by atoms with van der Waals surface area (Å²) in [5, 5.41) is 9.97. The van der Waals surface area contributed by atoms with E-state index in [2.05, 4.69) is 0 Å². The Morgan fingerprint density at radius 1 is 1.12 bits per heavy atom. The minimum absolute atomic E-state index is 0.389. The van der Waals surface area contributed by atoms with Crippen LogP contribution in [0.3, 0.4) is 0 Å². The van der Waals surface area contributed by atoms with Crippen LogP contribution in [0.2, 0.25) is 0 Å². The molecule has 94 valence electrons. The molecule has 2 nitrogen and oxygen atoms in total. The Morgan fingerprint density at radius 3 is 2.53 bits per heavy atom. The maximum absolute atomic E-state index is 9.97. The monoisotopic (exact) mass is 234 g/mol. The van der Waals surface area contributed by atoms with Gasteiger partial charge in [0.15, 0.2) is 0 Å². The van der Waals surface area contributed by atoms with Gasteiger partial charge in [-0.05, 0) is 18.4 Å². The van der Waals surface area contributed by atoms with Crippen molar-refractivity contribution in [3.8, 4) is 0 Å². The van der Waals surface area contributed by atoms with Crippen LogP contribution in [0.5, 0.6) is 0 Å². The normalized spacial score (nSPS) is 19.1. The predicted molar refractivity (Wildman–Crippen MR) is 68.8 cm³/mol. The molecule has 1 atom stereocenters. The lowest BCUT2D eigenvalue weighted by atomic mass is 9.98. The maximum atomic E-state index is 9.97. The molecule has 17 heavy (non-hydrogen) atoms. The number of benzene rings is 1. The highest BCUT2D eigenvalue weighted by molar-refractivity contribution is 5.16. The van der Waals surface area contributed by atoms with Crippen LogP contribution in [0.15, 0.2) is 30.3 Å². The summed E-state index contributed by atoms with van der Waals surface area (Å²) in [4.78, 5) is 0. The quantitative estimate of drug-likeness (QED) is 0.845. The molecular weight excluding hydrogens is 212 g/mol. The lowest BCUT2D eigenvalue weighted by Gasteiger charge is -2.22. The van der Waals surface area contributed by atoms with Crippen molar-refractivity contribution in [1.82, 2.24) is 0 Å². The van der Waals surface area contributed by atoms with Crippen LogP contribution in [0.4, 0.5) is 0 Å². The fourth-order valence-corrected chi connectivity index (χ4v) is 2.42. The Hall–Kier alpha value is -0.860. The number of hydrogen-bond acceptors (Lipinski definition) is 2. The third kappa shape index (κ3) is 4.14. The highest BCUT2D eigenvalue weighted by Crippen LogP contribution is 2.22. The summed E-state index contributed by atoms with van der Waals surface area (Å²) in [5.41, 5.74) is 0.986. The van der Waals surface area contributed by atoms with Crippen molar-refractivity contribution in [1.29, 1.82) is 0 Å². The van der Waals surface area contributed by atoms with Gasteiger partial charge in [-0.3, -0.25) is 0 Å². The second-order valence-corrected chi connectivity index (χ2v) is 4.85. The minimum Gasteiger partial charge on any atom is -0.388 e. The Balaban J connectivity index is 1.67. The Kier molecular flexibility index (Phi) is 5.02. The number of aliphatic hydroxyl groups excluding tert-OH is 1. The Morgan fingerprint density at radius 2 is 1.82 bits per heavy atom. The van der Waals surface area contributed by atoms with Crippen molar-refractivity contribution in [2.75, 3.05) is 6.61 Å². The molecule has 0 heterocycles. The highest BCUT2D eigenvalue weighted by Gasteiger charge is 2.14. The average Bonchev–Trinajstić information content (AvgIpc) is 2.41. The molecule has 0 amide bonds. The van der Waals surface area contributed by atoms with E-state index < -0.39 is 0 Å². The van der Waals surface area contributed by atoms with Gasteiger partial charge in [-0.1, -0.05) is 49.6 Å². The SMILES string of the molecule is OC(CCOC1CCCCC1)c1ccccc1. The largest absolute Gasteiger partial charge is 0.388 e. The number of aliphatic hydroxyl groups is 1. The van der Waals surface area contributed by atoms with Gasteiger partial charge in [-0.15, -0.1) is 0 Å². The van der Waals surface area contributed by atoms with E-state index >= 15 is 0 Å². The molecule has 1 aliphatic carbocycles. The molecule has 1 saturated carbocycles. The van der Waals surface area contributed by atoms with E-state index in [9.17, 15) is 5.11 Å². The first-order chi connectivity index (χ1) is 8.36. The van der Waals surface area contributed by atoms with Gasteiger partial charge >= 0.3 is 0 Å².